The largest absolute Gasteiger partial charge is 0.492 e. The lowest BCUT2D eigenvalue weighted by Crippen LogP contribution is -2.30. The highest BCUT2D eigenvalue weighted by Crippen LogP contribution is 2.31. The van der Waals surface area contributed by atoms with Crippen molar-refractivity contribution in [2.75, 3.05) is 6.61 Å². The van der Waals surface area contributed by atoms with Gasteiger partial charge in [0, 0.05) is 25.1 Å². The fraction of sp³-hybridized carbons (Fsp3) is 0.148. The van der Waals surface area contributed by atoms with Gasteiger partial charge in [-0.05, 0) is 34.4 Å². The van der Waals surface area contributed by atoms with Crippen LogP contribution in [0.2, 0.25) is 0 Å². The number of ether oxygens (including phenoxy) is 1. The van der Waals surface area contributed by atoms with Gasteiger partial charge in [-0.3, -0.25) is 4.79 Å². The zero-order valence-electron chi connectivity index (χ0n) is 17.2. The van der Waals surface area contributed by atoms with Crippen LogP contribution in [-0.2, 0) is 19.5 Å². The van der Waals surface area contributed by atoms with Gasteiger partial charge in [0.1, 0.15) is 5.75 Å². The van der Waals surface area contributed by atoms with Crippen LogP contribution >= 0.6 is 0 Å². The van der Waals surface area contributed by atoms with Crippen LogP contribution in [0.15, 0.2) is 95.8 Å². The van der Waals surface area contributed by atoms with E-state index in [9.17, 15) is 4.79 Å². The molecular formula is C27H23NO3. The van der Waals surface area contributed by atoms with Crippen LogP contribution < -0.4 is 4.74 Å². The molecule has 0 fully saturated rings. The number of rotatable bonds is 6. The smallest absolute Gasteiger partial charge is 0.258 e. The first-order chi connectivity index (χ1) is 15.3. The summed E-state index contributed by atoms with van der Waals surface area (Å²) in [6.45, 7) is 1.60. The maximum Gasteiger partial charge on any atom is 0.258 e. The van der Waals surface area contributed by atoms with E-state index in [0.29, 0.717) is 25.3 Å². The Bertz CT molecular complexity index is 1170. The summed E-state index contributed by atoms with van der Waals surface area (Å²) < 4.78 is 11.0. The summed E-state index contributed by atoms with van der Waals surface area (Å²) in [5.74, 6) is 0.691. The van der Waals surface area contributed by atoms with Crippen molar-refractivity contribution in [1.29, 1.82) is 0 Å². The second-order valence-corrected chi connectivity index (χ2v) is 7.75. The van der Waals surface area contributed by atoms with Gasteiger partial charge in [-0.15, -0.1) is 0 Å². The molecule has 5 rings (SSSR count). The highest BCUT2D eigenvalue weighted by Gasteiger charge is 2.25. The van der Waals surface area contributed by atoms with Crippen LogP contribution in [0, 0.1) is 0 Å². The average molecular weight is 409 g/mol. The number of fused-ring (bicyclic) bond motifs is 1. The van der Waals surface area contributed by atoms with Crippen molar-refractivity contribution in [2.24, 2.45) is 0 Å². The van der Waals surface area contributed by atoms with Gasteiger partial charge in [0.15, 0.2) is 0 Å². The molecule has 1 aliphatic heterocycles. The average Bonchev–Trinajstić information content (AvgIpc) is 3.51. The first kappa shape index (κ1) is 19.2. The minimum atomic E-state index is -0.0351. The first-order valence-corrected chi connectivity index (χ1v) is 10.5. The molecule has 3 aromatic carbocycles. The van der Waals surface area contributed by atoms with Gasteiger partial charge in [-0.1, -0.05) is 66.7 Å². The lowest BCUT2D eigenvalue weighted by molar-refractivity contribution is 0.0726. The molecule has 0 saturated carbocycles. The van der Waals surface area contributed by atoms with E-state index in [0.717, 1.165) is 34.4 Å². The Balaban J connectivity index is 1.42. The molecule has 4 heteroatoms. The fourth-order valence-electron chi connectivity index (χ4n) is 4.01. The Morgan fingerprint density at radius 2 is 1.58 bits per heavy atom. The van der Waals surface area contributed by atoms with E-state index in [1.54, 1.807) is 12.5 Å². The van der Waals surface area contributed by atoms with Gasteiger partial charge < -0.3 is 14.1 Å². The molecule has 2 heterocycles. The van der Waals surface area contributed by atoms with Crippen LogP contribution in [0.3, 0.4) is 0 Å². The number of hydrogen-bond acceptors (Lipinski definition) is 3. The maximum absolute atomic E-state index is 13.5. The maximum atomic E-state index is 13.5. The summed E-state index contributed by atoms with van der Waals surface area (Å²) in [6.07, 6.45) is 4.17. The molecule has 1 amide bonds. The van der Waals surface area contributed by atoms with Crippen molar-refractivity contribution in [1.82, 2.24) is 4.90 Å². The number of nitrogens with zero attached hydrogens (tertiary/aromatic N) is 1. The Hall–Kier alpha value is -3.79. The molecule has 31 heavy (non-hydrogen) atoms. The van der Waals surface area contributed by atoms with E-state index >= 15 is 0 Å². The predicted octanol–water partition coefficient (Wildman–Crippen LogP) is 5.72. The highest BCUT2D eigenvalue weighted by atomic mass is 16.5. The Morgan fingerprint density at radius 3 is 2.35 bits per heavy atom. The third-order valence-electron chi connectivity index (χ3n) is 5.62. The lowest BCUT2D eigenvalue weighted by atomic mass is 10.0. The van der Waals surface area contributed by atoms with E-state index in [2.05, 4.69) is 36.4 Å². The summed E-state index contributed by atoms with van der Waals surface area (Å²) >= 11 is 0. The van der Waals surface area contributed by atoms with Crippen LogP contribution in [0.4, 0.5) is 0 Å². The van der Waals surface area contributed by atoms with Crippen molar-refractivity contribution in [3.05, 3.63) is 114 Å². The minimum Gasteiger partial charge on any atom is -0.492 e. The first-order valence-electron chi connectivity index (χ1n) is 10.5. The molecule has 0 atom stereocenters. The molecule has 4 nitrogen and oxygen atoms in total. The molecular weight excluding hydrogens is 386 g/mol. The van der Waals surface area contributed by atoms with E-state index in [-0.39, 0.29) is 5.91 Å². The summed E-state index contributed by atoms with van der Waals surface area (Å²) in [5.41, 5.74) is 6.09. The van der Waals surface area contributed by atoms with Gasteiger partial charge in [-0.25, -0.2) is 0 Å². The quantitative estimate of drug-likeness (QED) is 0.409. The van der Waals surface area contributed by atoms with E-state index < -0.39 is 0 Å². The summed E-state index contributed by atoms with van der Waals surface area (Å²) in [4.78, 5) is 15.4. The third-order valence-corrected chi connectivity index (χ3v) is 5.62. The number of para-hydroxylation sites is 1. The zero-order valence-corrected chi connectivity index (χ0v) is 17.2. The number of amides is 1. The molecule has 0 spiro atoms. The number of carbonyl (C=O) groups excluding carboxylic acids is 1. The molecule has 1 aromatic heterocycles. The van der Waals surface area contributed by atoms with Crippen LogP contribution in [-0.4, -0.2) is 17.4 Å². The van der Waals surface area contributed by atoms with Gasteiger partial charge in [0.05, 0.1) is 24.7 Å². The highest BCUT2D eigenvalue weighted by molar-refractivity contribution is 5.97. The number of carbonyl (C=O) groups is 1. The topological polar surface area (TPSA) is 42.7 Å². The molecule has 154 valence electrons. The van der Waals surface area contributed by atoms with Crippen molar-refractivity contribution in [3.8, 4) is 16.9 Å². The molecule has 0 saturated heterocycles. The van der Waals surface area contributed by atoms with Crippen LogP contribution in [0.25, 0.3) is 11.1 Å². The fourth-order valence-corrected chi connectivity index (χ4v) is 4.01. The van der Waals surface area contributed by atoms with Gasteiger partial charge in [0.2, 0.25) is 0 Å². The summed E-state index contributed by atoms with van der Waals surface area (Å²) in [7, 11) is 0. The van der Waals surface area contributed by atoms with Gasteiger partial charge in [0.25, 0.3) is 5.91 Å². The van der Waals surface area contributed by atoms with Gasteiger partial charge >= 0.3 is 0 Å². The van der Waals surface area contributed by atoms with Crippen molar-refractivity contribution >= 4 is 5.91 Å². The molecule has 1 aliphatic rings. The van der Waals surface area contributed by atoms with Crippen molar-refractivity contribution in [2.45, 2.75) is 19.5 Å². The number of benzene rings is 3. The van der Waals surface area contributed by atoms with Crippen molar-refractivity contribution < 1.29 is 13.9 Å². The summed E-state index contributed by atoms with van der Waals surface area (Å²) in [6, 6.07) is 26.4. The monoisotopic (exact) mass is 409 g/mol. The second kappa shape index (κ2) is 8.52. The SMILES string of the molecule is O=C(c1cccc2c1OCC2)N(Cc1ccc(-c2ccccc2)cc1)Cc1ccoc1. The Morgan fingerprint density at radius 1 is 0.806 bits per heavy atom. The Labute approximate surface area is 181 Å². The normalized spacial score (nSPS) is 12.3. The van der Waals surface area contributed by atoms with Gasteiger partial charge in [-0.2, -0.15) is 0 Å². The lowest BCUT2D eigenvalue weighted by Gasteiger charge is -2.23. The van der Waals surface area contributed by atoms with Crippen LogP contribution in [0.1, 0.15) is 27.0 Å². The van der Waals surface area contributed by atoms with E-state index in [1.807, 2.05) is 47.4 Å². The zero-order chi connectivity index (χ0) is 21.0. The third kappa shape index (κ3) is 4.10. The van der Waals surface area contributed by atoms with Crippen LogP contribution in [0.5, 0.6) is 5.75 Å². The van der Waals surface area contributed by atoms with Crippen molar-refractivity contribution in [3.63, 3.8) is 0 Å². The minimum absolute atomic E-state index is 0.0351. The molecule has 0 unspecified atom stereocenters. The van der Waals surface area contributed by atoms with E-state index in [1.165, 1.54) is 5.56 Å². The Kier molecular flexibility index (Phi) is 5.28. The molecule has 0 radical (unpaired) electrons. The second-order valence-electron chi connectivity index (χ2n) is 7.75. The number of hydrogen-bond donors (Lipinski definition) is 0. The molecule has 0 N–H and O–H groups in total. The number of furan rings is 1. The molecule has 0 aliphatic carbocycles. The molecule has 0 bridgehead atoms. The standard InChI is InChI=1S/C27H23NO3/c29-27(25-8-4-7-24-14-16-31-26(24)25)28(18-21-13-15-30-19-21)17-20-9-11-23(12-10-20)22-5-2-1-3-6-22/h1-13,15,19H,14,16-18H2. The predicted molar refractivity (Wildman–Crippen MR) is 120 cm³/mol. The molecule has 4 aromatic rings. The summed E-state index contributed by atoms with van der Waals surface area (Å²) in [5, 5.41) is 0. The van der Waals surface area contributed by atoms with E-state index in [4.69, 9.17) is 9.15 Å².